The lowest BCUT2D eigenvalue weighted by molar-refractivity contribution is 0.0136. The summed E-state index contributed by atoms with van der Waals surface area (Å²) in [5, 5.41) is 23.0. The van der Waals surface area contributed by atoms with Crippen LogP contribution in [0.25, 0.3) is 0 Å². The topological polar surface area (TPSA) is 78.8 Å². The largest absolute Gasteiger partial charge is 0.445 e. The Morgan fingerprint density at radius 3 is 2.36 bits per heavy atom. The molecule has 2 rings (SSSR count). The van der Waals surface area contributed by atoms with Crippen LogP contribution in [0, 0.1) is 13.8 Å². The lowest BCUT2D eigenvalue weighted by Gasteiger charge is -2.19. The van der Waals surface area contributed by atoms with Gasteiger partial charge in [0.2, 0.25) is 0 Å². The second-order valence-electron chi connectivity index (χ2n) is 6.21. The molecule has 2 unspecified atom stereocenters. The maximum atomic E-state index is 11.6. The van der Waals surface area contributed by atoms with Crippen LogP contribution >= 0.6 is 0 Å². The molecule has 0 saturated heterocycles. The molecule has 0 heterocycles. The van der Waals surface area contributed by atoms with Crippen LogP contribution in [0.1, 0.15) is 34.8 Å². The summed E-state index contributed by atoms with van der Waals surface area (Å²) >= 11 is 0. The third-order valence-corrected chi connectivity index (χ3v) is 3.87. The Morgan fingerprint density at radius 1 is 1.08 bits per heavy atom. The van der Waals surface area contributed by atoms with Gasteiger partial charge in [0.1, 0.15) is 12.7 Å². The third-order valence-electron chi connectivity index (χ3n) is 3.87. The Hall–Kier alpha value is -2.37. The first-order valence-electron chi connectivity index (χ1n) is 8.34. The number of amides is 1. The first-order chi connectivity index (χ1) is 12.0. The molecule has 0 spiro atoms. The Labute approximate surface area is 148 Å². The first-order valence-corrected chi connectivity index (χ1v) is 8.34. The Morgan fingerprint density at radius 2 is 1.72 bits per heavy atom. The Balaban J connectivity index is 1.73. The number of nitrogens with one attached hydrogen (secondary N) is 1. The first kappa shape index (κ1) is 19.0. The summed E-state index contributed by atoms with van der Waals surface area (Å²) in [6, 6.07) is 15.1. The highest BCUT2D eigenvalue weighted by atomic mass is 16.5. The lowest BCUT2D eigenvalue weighted by Crippen LogP contribution is -2.29. The summed E-state index contributed by atoms with van der Waals surface area (Å²) in [6.07, 6.45) is -2.26. The number of aliphatic hydroxyl groups excluding tert-OH is 2. The number of benzene rings is 2. The quantitative estimate of drug-likeness (QED) is 0.722. The van der Waals surface area contributed by atoms with E-state index in [1.54, 1.807) is 0 Å². The number of hydrogen-bond donors (Lipinski definition) is 3. The van der Waals surface area contributed by atoms with Crippen molar-refractivity contribution >= 4 is 6.09 Å². The fraction of sp³-hybridized carbons (Fsp3) is 0.350. The molecule has 134 valence electrons. The standard InChI is InChI=1S/C20H25NO4/c1-14-10-15(2)12-17(11-14)19(23)18(22)8-9-21-20(24)25-13-16-6-4-3-5-7-16/h3-7,10-12,18-19,22-23H,8-9,13H2,1-2H3,(H,21,24). The van der Waals surface area contributed by atoms with Crippen molar-refractivity contribution in [3.63, 3.8) is 0 Å². The normalized spacial score (nSPS) is 13.1. The van der Waals surface area contributed by atoms with Crippen molar-refractivity contribution in [3.8, 4) is 0 Å². The monoisotopic (exact) mass is 343 g/mol. The van der Waals surface area contributed by atoms with Gasteiger partial charge in [-0.1, -0.05) is 59.7 Å². The average Bonchev–Trinajstić information content (AvgIpc) is 2.59. The summed E-state index contributed by atoms with van der Waals surface area (Å²) in [5.41, 5.74) is 3.65. The number of rotatable bonds is 7. The van der Waals surface area contributed by atoms with Gasteiger partial charge >= 0.3 is 6.09 Å². The zero-order chi connectivity index (χ0) is 18.2. The minimum Gasteiger partial charge on any atom is -0.445 e. The molecule has 0 aromatic heterocycles. The summed E-state index contributed by atoms with van der Waals surface area (Å²) < 4.78 is 5.09. The molecule has 2 atom stereocenters. The van der Waals surface area contributed by atoms with Crippen LogP contribution in [-0.4, -0.2) is 29.0 Å². The zero-order valence-electron chi connectivity index (χ0n) is 14.6. The number of aliphatic hydroxyl groups is 2. The van der Waals surface area contributed by atoms with Gasteiger partial charge < -0.3 is 20.3 Å². The molecule has 0 aliphatic carbocycles. The predicted octanol–water partition coefficient (Wildman–Crippen LogP) is 3.01. The van der Waals surface area contributed by atoms with Crippen LogP contribution in [0.3, 0.4) is 0 Å². The molecule has 0 saturated carbocycles. The second-order valence-corrected chi connectivity index (χ2v) is 6.21. The van der Waals surface area contributed by atoms with E-state index in [4.69, 9.17) is 4.74 Å². The van der Waals surface area contributed by atoms with Crippen LogP contribution in [-0.2, 0) is 11.3 Å². The summed E-state index contributed by atoms with van der Waals surface area (Å²) in [7, 11) is 0. The van der Waals surface area contributed by atoms with Crippen molar-refractivity contribution in [2.75, 3.05) is 6.54 Å². The highest BCUT2D eigenvalue weighted by molar-refractivity contribution is 5.67. The van der Waals surface area contributed by atoms with E-state index in [-0.39, 0.29) is 19.6 Å². The molecule has 3 N–H and O–H groups in total. The van der Waals surface area contributed by atoms with Gasteiger partial charge in [0, 0.05) is 6.54 Å². The van der Waals surface area contributed by atoms with Gasteiger partial charge in [-0.25, -0.2) is 4.79 Å². The van der Waals surface area contributed by atoms with Gasteiger partial charge in [0.05, 0.1) is 6.10 Å². The van der Waals surface area contributed by atoms with E-state index in [1.165, 1.54) is 0 Å². The van der Waals surface area contributed by atoms with Crippen molar-refractivity contribution in [1.29, 1.82) is 0 Å². The van der Waals surface area contributed by atoms with Crippen molar-refractivity contribution in [1.82, 2.24) is 5.32 Å². The number of ether oxygens (including phenoxy) is 1. The molecular formula is C20H25NO4. The number of hydrogen-bond acceptors (Lipinski definition) is 4. The lowest BCUT2D eigenvalue weighted by atomic mass is 9.98. The Kier molecular flexibility index (Phi) is 6.98. The molecule has 2 aromatic rings. The molecule has 5 heteroatoms. The van der Waals surface area contributed by atoms with E-state index >= 15 is 0 Å². The zero-order valence-corrected chi connectivity index (χ0v) is 14.6. The predicted molar refractivity (Wildman–Crippen MR) is 96.1 cm³/mol. The highest BCUT2D eigenvalue weighted by Gasteiger charge is 2.19. The van der Waals surface area contributed by atoms with Crippen LogP contribution in [0.4, 0.5) is 4.79 Å². The van der Waals surface area contributed by atoms with Gasteiger partial charge in [-0.15, -0.1) is 0 Å². The fourth-order valence-electron chi connectivity index (χ4n) is 2.66. The number of carbonyl (C=O) groups is 1. The van der Waals surface area contributed by atoms with E-state index in [9.17, 15) is 15.0 Å². The van der Waals surface area contributed by atoms with Gasteiger partial charge in [-0.05, 0) is 31.4 Å². The van der Waals surface area contributed by atoms with Crippen molar-refractivity contribution in [2.24, 2.45) is 0 Å². The number of alkyl carbamates (subject to hydrolysis) is 1. The molecule has 2 aromatic carbocycles. The number of carbonyl (C=O) groups excluding carboxylic acids is 1. The fourth-order valence-corrected chi connectivity index (χ4v) is 2.66. The second kappa shape index (κ2) is 9.20. The molecule has 5 nitrogen and oxygen atoms in total. The SMILES string of the molecule is Cc1cc(C)cc(C(O)C(O)CCNC(=O)OCc2ccccc2)c1. The van der Waals surface area contributed by atoms with Gasteiger partial charge in [-0.3, -0.25) is 0 Å². The molecule has 0 aliphatic rings. The van der Waals surface area contributed by atoms with Gasteiger partial charge in [0.15, 0.2) is 0 Å². The molecule has 0 radical (unpaired) electrons. The van der Waals surface area contributed by atoms with Crippen molar-refractivity contribution in [2.45, 2.75) is 39.1 Å². The molecular weight excluding hydrogens is 318 g/mol. The van der Waals surface area contributed by atoms with Crippen LogP contribution in [0.15, 0.2) is 48.5 Å². The van der Waals surface area contributed by atoms with Crippen molar-refractivity contribution in [3.05, 3.63) is 70.8 Å². The minimum atomic E-state index is -0.985. The number of aryl methyl sites for hydroxylation is 2. The van der Waals surface area contributed by atoms with Crippen LogP contribution < -0.4 is 5.32 Å². The van der Waals surface area contributed by atoms with E-state index in [2.05, 4.69) is 5.32 Å². The maximum Gasteiger partial charge on any atom is 0.407 e. The van der Waals surface area contributed by atoms with Crippen LogP contribution in [0.2, 0.25) is 0 Å². The highest BCUT2D eigenvalue weighted by Crippen LogP contribution is 2.21. The van der Waals surface area contributed by atoms with Crippen LogP contribution in [0.5, 0.6) is 0 Å². The third kappa shape index (κ3) is 6.21. The van der Waals surface area contributed by atoms with E-state index in [0.29, 0.717) is 5.56 Å². The van der Waals surface area contributed by atoms with E-state index in [0.717, 1.165) is 16.7 Å². The summed E-state index contributed by atoms with van der Waals surface area (Å²) in [4.78, 5) is 11.6. The average molecular weight is 343 g/mol. The summed E-state index contributed by atoms with van der Waals surface area (Å²) in [6.45, 7) is 4.30. The van der Waals surface area contributed by atoms with Gasteiger partial charge in [-0.2, -0.15) is 0 Å². The molecule has 25 heavy (non-hydrogen) atoms. The summed E-state index contributed by atoms with van der Waals surface area (Å²) in [5.74, 6) is 0. The Bertz CT molecular complexity index is 667. The van der Waals surface area contributed by atoms with Crippen molar-refractivity contribution < 1.29 is 19.7 Å². The van der Waals surface area contributed by atoms with E-state index in [1.807, 2.05) is 62.4 Å². The minimum absolute atomic E-state index is 0.195. The molecule has 0 fully saturated rings. The van der Waals surface area contributed by atoms with E-state index < -0.39 is 18.3 Å². The smallest absolute Gasteiger partial charge is 0.407 e. The van der Waals surface area contributed by atoms with Gasteiger partial charge in [0.25, 0.3) is 0 Å². The molecule has 0 aliphatic heterocycles. The molecule has 1 amide bonds. The maximum absolute atomic E-state index is 11.6. The molecule has 0 bridgehead atoms.